The molecule has 3 heterocycles. The van der Waals surface area contributed by atoms with Gasteiger partial charge in [-0.1, -0.05) is 109 Å². The summed E-state index contributed by atoms with van der Waals surface area (Å²) in [4.78, 5) is 106. The second-order valence-corrected chi connectivity index (χ2v) is 26.7. The molecule has 0 radical (unpaired) electrons. The van der Waals surface area contributed by atoms with Crippen molar-refractivity contribution < 1.29 is 59.9 Å². The van der Waals surface area contributed by atoms with E-state index in [0.29, 0.717) is 54.6 Å². The van der Waals surface area contributed by atoms with Crippen molar-refractivity contribution in [2.45, 2.75) is 113 Å². The zero-order valence-corrected chi connectivity index (χ0v) is 60.4. The first kappa shape index (κ1) is 85.9. The summed E-state index contributed by atoms with van der Waals surface area (Å²) >= 11 is 0. The van der Waals surface area contributed by atoms with Crippen LogP contribution in [0.1, 0.15) is 70.2 Å². The molecular weight excluding hydrogens is 1410 g/mol. The minimum Gasteiger partial charge on any atom is -0.345 e. The standard InChI is InChI=1S/C28H33F3N6O3.C26H30F3N5O2.C26H33N5O2/c29-28(30,31)21-7-5-18(6-8-21)14-24(25(38)15-19-13-20-3-1-2-4-23(20)35-17-19)36-27(40)22(34)16-26(39)37(11-9-32)12-10-33;27-26(28,29)20-7-5-16(6-8-20)11-23(34-25(36)21(32)10-18(13-30)14-31)24(35)12-17-9-19-3-1-2-4-22(19)33-15-17;27-15-20(16-28)13-22(29)26(33)31-24(11-10-18-6-2-1-3-7-18)25(32)14-19-12-21-8-4-5-9-23(21)30-17-19/h1-8,13,17,22,24H,9-12,14-16,32-34H2,(H,36,40);1-9,15,18,21,23H,10-14,30-32H2,(H,34,36);1-9,12,17,20,22,24H,10-11,13-16,27-29H2,(H,31,33)/t22-,24-;21-,23+;22-,24+/m000/s1. The smallest absolute Gasteiger partial charge is 0.345 e. The Morgan fingerprint density at radius 2 is 0.725 bits per heavy atom. The Kier molecular flexibility index (Phi) is 33.4. The summed E-state index contributed by atoms with van der Waals surface area (Å²) in [5, 5.41) is 10.8. The molecule has 6 aromatic carbocycles. The summed E-state index contributed by atoms with van der Waals surface area (Å²) in [6.45, 7) is 2.17. The number of fused-ring (bicyclic) bond motifs is 3. The monoisotopic (exact) mass is 1510 g/mol. The van der Waals surface area contributed by atoms with Gasteiger partial charge in [0.05, 0.1) is 70.3 Å². The summed E-state index contributed by atoms with van der Waals surface area (Å²) in [6, 6.07) is 41.2. The molecule has 0 aliphatic rings. The lowest BCUT2D eigenvalue weighted by atomic mass is 9.95. The number of Topliss-reactive ketones (excluding diaryl/α,β-unsaturated/α-hetero) is 3. The lowest BCUT2D eigenvalue weighted by Gasteiger charge is -2.24. The first-order valence-electron chi connectivity index (χ1n) is 35.7. The number of rotatable bonds is 36. The van der Waals surface area contributed by atoms with Crippen LogP contribution < -0.4 is 67.6 Å². The van der Waals surface area contributed by atoms with Gasteiger partial charge in [-0.15, -0.1) is 0 Å². The molecule has 0 saturated heterocycles. The van der Waals surface area contributed by atoms with Gasteiger partial charge in [-0.3, -0.25) is 48.5 Å². The normalized spacial score (nSPS) is 13.2. The number of amides is 4. The van der Waals surface area contributed by atoms with Crippen LogP contribution in [0.4, 0.5) is 26.3 Å². The average molecular weight is 1510 g/mol. The van der Waals surface area contributed by atoms with Gasteiger partial charge in [0.15, 0.2) is 17.3 Å². The summed E-state index contributed by atoms with van der Waals surface area (Å²) in [6.07, 6.45) is -2.65. The van der Waals surface area contributed by atoms with E-state index in [1.54, 1.807) is 18.6 Å². The van der Waals surface area contributed by atoms with Gasteiger partial charge in [0.25, 0.3) is 0 Å². The third-order valence-corrected chi connectivity index (χ3v) is 18.3. The zero-order chi connectivity index (χ0) is 79.2. The zero-order valence-electron chi connectivity index (χ0n) is 60.4. The summed E-state index contributed by atoms with van der Waals surface area (Å²) < 4.78 is 77.8. The Hall–Kier alpha value is -10.3. The summed E-state index contributed by atoms with van der Waals surface area (Å²) in [5.74, 6) is -3.03. The highest BCUT2D eigenvalue weighted by molar-refractivity contribution is 5.96. The second-order valence-electron chi connectivity index (χ2n) is 26.7. The highest BCUT2D eigenvalue weighted by Crippen LogP contribution is 2.31. The van der Waals surface area contributed by atoms with Crippen molar-refractivity contribution >= 4 is 73.7 Å². The second kappa shape index (κ2) is 42.4. The van der Waals surface area contributed by atoms with Gasteiger partial charge in [0.1, 0.15) is 0 Å². The quantitative estimate of drug-likeness (QED) is 0.0212. The van der Waals surface area contributed by atoms with E-state index in [2.05, 4.69) is 30.9 Å². The minimum atomic E-state index is -4.51. The minimum absolute atomic E-state index is 0.00759. The largest absolute Gasteiger partial charge is 0.416 e. The number of alkyl halides is 6. The molecule has 4 amide bonds. The number of pyridine rings is 3. The summed E-state index contributed by atoms with van der Waals surface area (Å²) in [7, 11) is 0. The Morgan fingerprint density at radius 1 is 0.394 bits per heavy atom. The van der Waals surface area contributed by atoms with Crippen molar-refractivity contribution in [1.82, 2.24) is 35.8 Å². The molecule has 0 fully saturated rings. The average Bonchev–Trinajstić information content (AvgIpc) is 0.842. The van der Waals surface area contributed by atoms with Crippen LogP contribution in [-0.4, -0.2) is 149 Å². The molecule has 0 aliphatic carbocycles. The lowest BCUT2D eigenvalue weighted by molar-refractivity contribution is -0.138. The van der Waals surface area contributed by atoms with Crippen molar-refractivity contribution in [2.24, 2.45) is 63.4 Å². The van der Waals surface area contributed by atoms with E-state index in [-0.39, 0.29) is 114 Å². The van der Waals surface area contributed by atoms with Crippen LogP contribution in [0.2, 0.25) is 0 Å². The van der Waals surface area contributed by atoms with Crippen LogP contribution in [0.15, 0.2) is 188 Å². The number of aryl methyl sites for hydroxylation is 1. The molecule has 9 aromatic rings. The number of para-hydroxylation sites is 3. The van der Waals surface area contributed by atoms with Gasteiger partial charge < -0.3 is 72.5 Å². The molecule has 0 aliphatic heterocycles. The molecular formula is C80H96F6N16O7. The van der Waals surface area contributed by atoms with E-state index in [9.17, 15) is 59.9 Å². The van der Waals surface area contributed by atoms with Gasteiger partial charge in [0, 0.05) is 80.2 Å². The van der Waals surface area contributed by atoms with E-state index in [1.165, 1.54) is 29.2 Å². The van der Waals surface area contributed by atoms with Gasteiger partial charge in [0.2, 0.25) is 23.6 Å². The number of hydrogen-bond donors (Lipinski definition) is 12. The fourth-order valence-electron chi connectivity index (χ4n) is 11.9. The number of nitrogens with one attached hydrogen (secondary N) is 3. The molecule has 29 heteroatoms. The molecule has 6 atom stereocenters. The molecule has 9 rings (SSSR count). The number of carbonyl (C=O) groups excluding carboxylic acids is 7. The Bertz CT molecular complexity index is 4430. The number of ketones is 3. The van der Waals surface area contributed by atoms with Gasteiger partial charge in [-0.2, -0.15) is 26.3 Å². The highest BCUT2D eigenvalue weighted by Gasteiger charge is 2.34. The Morgan fingerprint density at radius 3 is 1.07 bits per heavy atom. The molecule has 109 heavy (non-hydrogen) atoms. The molecule has 0 bridgehead atoms. The first-order chi connectivity index (χ1) is 52.1. The van der Waals surface area contributed by atoms with E-state index < -0.39 is 83.2 Å². The third kappa shape index (κ3) is 27.4. The fraction of sp³-hybridized carbons (Fsp3) is 0.350. The number of nitrogens with zero attached hydrogens (tertiary/aromatic N) is 4. The van der Waals surface area contributed by atoms with Crippen LogP contribution in [0.5, 0.6) is 0 Å². The van der Waals surface area contributed by atoms with Crippen molar-refractivity contribution in [3.63, 3.8) is 0 Å². The van der Waals surface area contributed by atoms with E-state index >= 15 is 0 Å². The SMILES string of the molecule is NCC(CN)C[C@H](N)C(=O)N[C@H](CCc1ccccc1)C(=O)Cc1cnc2ccccc2c1.NCC(CN)C[C@H](N)C(=O)N[C@H](Cc1ccc(C(F)(F)F)cc1)C(=O)Cc1cnc2ccccc2c1.NCCN(CCN)C(=O)C[C@H](N)C(=O)N[C@@H](Cc1ccc(C(F)(F)F)cc1)C(=O)Cc1cnc2ccccc2c1. The first-order valence-corrected chi connectivity index (χ1v) is 35.7. The molecule has 0 spiro atoms. The maximum absolute atomic E-state index is 13.4. The van der Waals surface area contributed by atoms with E-state index in [1.807, 2.05) is 121 Å². The van der Waals surface area contributed by atoms with Crippen molar-refractivity contribution in [1.29, 1.82) is 0 Å². The molecule has 23 nitrogen and oxygen atoms in total. The van der Waals surface area contributed by atoms with Crippen LogP contribution in [-0.2, 0) is 84.4 Å². The highest BCUT2D eigenvalue weighted by atomic mass is 19.4. The summed E-state index contributed by atoms with van der Waals surface area (Å²) in [5.41, 5.74) is 56.7. The van der Waals surface area contributed by atoms with Crippen molar-refractivity contribution in [3.8, 4) is 0 Å². The third-order valence-electron chi connectivity index (χ3n) is 18.3. The number of hydrogen-bond acceptors (Lipinski definition) is 19. The molecule has 580 valence electrons. The van der Waals surface area contributed by atoms with Crippen LogP contribution in [0.25, 0.3) is 32.7 Å². The number of halogens is 6. The molecule has 21 N–H and O–H groups in total. The van der Waals surface area contributed by atoms with Gasteiger partial charge in [-0.05, 0) is 171 Å². The topological polar surface area (TPSA) is 432 Å². The van der Waals surface area contributed by atoms with Crippen LogP contribution in [0.3, 0.4) is 0 Å². The molecule has 0 saturated carbocycles. The van der Waals surface area contributed by atoms with Crippen LogP contribution in [0, 0.1) is 11.8 Å². The predicted octanol–water partition coefficient (Wildman–Crippen LogP) is 5.61. The maximum atomic E-state index is 13.4. The Balaban J connectivity index is 0.000000229. The number of benzene rings is 6. The van der Waals surface area contributed by atoms with Crippen LogP contribution >= 0.6 is 0 Å². The van der Waals surface area contributed by atoms with Crippen molar-refractivity contribution in [2.75, 3.05) is 52.4 Å². The lowest BCUT2D eigenvalue weighted by Crippen LogP contribution is -2.51. The van der Waals surface area contributed by atoms with E-state index in [4.69, 9.17) is 51.6 Å². The van der Waals surface area contributed by atoms with E-state index in [0.717, 1.165) is 68.1 Å². The Labute approximate surface area is 628 Å². The fourth-order valence-corrected chi connectivity index (χ4v) is 11.9. The number of carbonyl (C=O) groups is 7. The van der Waals surface area contributed by atoms with Gasteiger partial charge >= 0.3 is 12.4 Å². The molecule has 0 unspecified atom stereocenters. The maximum Gasteiger partial charge on any atom is 0.416 e. The predicted molar refractivity (Wildman–Crippen MR) is 408 cm³/mol. The van der Waals surface area contributed by atoms with Gasteiger partial charge in [-0.25, -0.2) is 0 Å². The number of nitrogens with two attached hydrogens (primary N) is 9. The molecule has 3 aromatic heterocycles. The van der Waals surface area contributed by atoms with Crippen molar-refractivity contribution in [3.05, 3.63) is 233 Å². The number of aromatic nitrogens is 3.